The fourth-order valence-corrected chi connectivity index (χ4v) is 3.95. The van der Waals surface area contributed by atoms with Gasteiger partial charge in [0.05, 0.1) is 11.4 Å². The van der Waals surface area contributed by atoms with Gasteiger partial charge < -0.3 is 0 Å². The minimum absolute atomic E-state index is 0. The molecule has 4 rings (SSSR count). The van der Waals surface area contributed by atoms with E-state index >= 15 is 4.39 Å². The Balaban J connectivity index is 0.00000193. The summed E-state index contributed by atoms with van der Waals surface area (Å²) in [7, 11) is 0. The second-order valence-electron chi connectivity index (χ2n) is 8.42. The number of hydrogen-bond acceptors (Lipinski definition) is 2. The maximum Gasteiger partial charge on any atom is 2.00 e. The van der Waals surface area contributed by atoms with Crippen LogP contribution in [0.4, 0.5) is 4.39 Å². The minimum Gasteiger partial charge on any atom is -0.297 e. The molecule has 0 fully saturated rings. The zero-order chi connectivity index (χ0) is 22.1. The summed E-state index contributed by atoms with van der Waals surface area (Å²) in [4.78, 5) is 9.44. The first-order valence-electron chi connectivity index (χ1n) is 10.1. The fraction of sp³-hybridized carbons (Fsp3) is 0.214. The van der Waals surface area contributed by atoms with E-state index in [2.05, 4.69) is 28.1 Å². The Bertz CT molecular complexity index is 1210. The van der Waals surface area contributed by atoms with Gasteiger partial charge in [0.15, 0.2) is 5.67 Å². The van der Waals surface area contributed by atoms with E-state index in [-0.39, 0.29) is 28.5 Å². The molecule has 0 bridgehead atoms. The molecule has 1 unspecified atom stereocenters. The Morgan fingerprint density at radius 3 is 1.85 bits per heavy atom. The third-order valence-electron chi connectivity index (χ3n) is 5.26. The molecule has 0 radical (unpaired) electrons. The van der Waals surface area contributed by atoms with Crippen molar-refractivity contribution in [3.63, 3.8) is 0 Å². The van der Waals surface area contributed by atoms with Crippen LogP contribution >= 0.6 is 15.9 Å². The number of alkyl halides is 1. The molecule has 0 aliphatic heterocycles. The van der Waals surface area contributed by atoms with Crippen LogP contribution in [0.1, 0.15) is 39.6 Å². The first-order valence-corrected chi connectivity index (χ1v) is 10.9. The number of halogens is 2. The number of aromatic nitrogens is 2. The summed E-state index contributed by atoms with van der Waals surface area (Å²) in [6.07, 6.45) is 0. The summed E-state index contributed by atoms with van der Waals surface area (Å²) < 4.78 is 18.0. The van der Waals surface area contributed by atoms with Gasteiger partial charge >= 0.3 is 21.1 Å². The second kappa shape index (κ2) is 10.8. The molecule has 2 aromatic heterocycles. The summed E-state index contributed by atoms with van der Waals surface area (Å²) in [5.41, 5.74) is 0.939. The van der Waals surface area contributed by atoms with Crippen LogP contribution in [0.5, 0.6) is 0 Å². The molecule has 0 saturated heterocycles. The van der Waals surface area contributed by atoms with E-state index in [9.17, 15) is 0 Å². The Morgan fingerprint density at radius 1 is 0.758 bits per heavy atom. The molecular formula is C28H26BrFN2Pt. The van der Waals surface area contributed by atoms with Crippen LogP contribution in [0.3, 0.4) is 0 Å². The predicted octanol–water partition coefficient (Wildman–Crippen LogP) is 8.07. The fourth-order valence-electron chi connectivity index (χ4n) is 3.59. The number of benzene rings is 2. The summed E-state index contributed by atoms with van der Waals surface area (Å²) in [6, 6.07) is 30.4. The van der Waals surface area contributed by atoms with Crippen LogP contribution in [0.2, 0.25) is 0 Å². The largest absolute Gasteiger partial charge is 2.00 e. The van der Waals surface area contributed by atoms with E-state index in [1.807, 2.05) is 87.5 Å². The summed E-state index contributed by atoms with van der Waals surface area (Å²) in [5.74, 6) is 0. The molecule has 172 valence electrons. The van der Waals surface area contributed by atoms with Crippen molar-refractivity contribution in [2.24, 2.45) is 5.41 Å². The van der Waals surface area contributed by atoms with E-state index in [1.54, 1.807) is 12.1 Å². The molecule has 0 aliphatic rings. The molecule has 0 amide bonds. The van der Waals surface area contributed by atoms with Crippen LogP contribution in [0.15, 0.2) is 83.3 Å². The maximum atomic E-state index is 17.1. The quantitative estimate of drug-likeness (QED) is 0.204. The third kappa shape index (κ3) is 5.50. The Hall–Kier alpha value is -2.16. The van der Waals surface area contributed by atoms with Gasteiger partial charge in [0, 0.05) is 5.41 Å². The molecular weight excluding hydrogens is 658 g/mol. The van der Waals surface area contributed by atoms with Crippen molar-refractivity contribution in [2.45, 2.75) is 33.9 Å². The van der Waals surface area contributed by atoms with Gasteiger partial charge in [0.25, 0.3) is 0 Å². The van der Waals surface area contributed by atoms with E-state index in [4.69, 9.17) is 9.97 Å². The molecule has 1 atom stereocenters. The minimum atomic E-state index is -1.90. The average Bonchev–Trinajstić information content (AvgIpc) is 2.78. The smallest absolute Gasteiger partial charge is 0.297 e. The molecule has 2 aromatic carbocycles. The van der Waals surface area contributed by atoms with Crippen LogP contribution in [-0.2, 0) is 26.7 Å². The van der Waals surface area contributed by atoms with Gasteiger partial charge in [-0.25, -0.2) is 4.39 Å². The van der Waals surface area contributed by atoms with Gasteiger partial charge in [-0.3, -0.25) is 9.97 Å². The molecule has 5 heteroatoms. The standard InChI is InChI=1S/C27H22BrFN2.CH4.Pt/c1-26(2,3)27(29,24-16-8-14-22(30-24)19-10-5-4-6-11-19)25-17-9-15-23(31-25)20-12-7-13-21(28)18-20;;/h4-10,13-18H,1-3H3;1H4;/q-2;;+2. The van der Waals surface area contributed by atoms with Crippen molar-refractivity contribution in [2.75, 3.05) is 0 Å². The van der Waals surface area contributed by atoms with Gasteiger partial charge in [-0.1, -0.05) is 72.9 Å². The topological polar surface area (TPSA) is 25.8 Å². The zero-order valence-electron chi connectivity index (χ0n) is 18.0. The molecule has 0 N–H and O–H groups in total. The molecule has 2 heterocycles. The van der Waals surface area contributed by atoms with Gasteiger partial charge in [-0.15, -0.1) is 65.7 Å². The molecule has 0 saturated carbocycles. The van der Waals surface area contributed by atoms with Crippen molar-refractivity contribution in [1.29, 1.82) is 0 Å². The zero-order valence-corrected chi connectivity index (χ0v) is 21.8. The van der Waals surface area contributed by atoms with Crippen molar-refractivity contribution in [3.05, 3.63) is 107 Å². The van der Waals surface area contributed by atoms with E-state index < -0.39 is 11.1 Å². The van der Waals surface area contributed by atoms with Gasteiger partial charge in [0.1, 0.15) is 0 Å². The van der Waals surface area contributed by atoms with Crippen molar-refractivity contribution >= 4 is 15.9 Å². The van der Waals surface area contributed by atoms with Crippen molar-refractivity contribution in [1.82, 2.24) is 9.97 Å². The molecule has 0 aliphatic carbocycles. The van der Waals surface area contributed by atoms with E-state index in [0.29, 0.717) is 22.8 Å². The van der Waals surface area contributed by atoms with E-state index in [1.165, 1.54) is 0 Å². The predicted molar refractivity (Wildman–Crippen MR) is 133 cm³/mol. The van der Waals surface area contributed by atoms with Crippen LogP contribution in [0.25, 0.3) is 22.5 Å². The SMILES string of the molecule is C.CC(C)(C)C(F)(c1cccc(-c2[c-]cccc2)n1)c1cccc(-c2[c-]ccc(Br)c2)n1.[Pt+2]. The number of nitrogens with zero attached hydrogens (tertiary/aromatic N) is 2. The summed E-state index contributed by atoms with van der Waals surface area (Å²) in [5, 5.41) is 0. The van der Waals surface area contributed by atoms with Crippen molar-refractivity contribution in [3.8, 4) is 22.5 Å². The molecule has 2 nitrogen and oxygen atoms in total. The van der Waals surface area contributed by atoms with Crippen LogP contribution in [-0.4, -0.2) is 9.97 Å². The average molecular weight is 685 g/mol. The monoisotopic (exact) mass is 683 g/mol. The maximum absolute atomic E-state index is 17.1. The van der Waals surface area contributed by atoms with Crippen LogP contribution in [0, 0.1) is 17.5 Å². The van der Waals surface area contributed by atoms with Crippen molar-refractivity contribution < 1.29 is 25.5 Å². The molecule has 33 heavy (non-hydrogen) atoms. The Morgan fingerprint density at radius 2 is 1.33 bits per heavy atom. The number of pyridine rings is 2. The first kappa shape index (κ1) is 27.1. The first-order chi connectivity index (χ1) is 14.8. The Kier molecular flexibility index (Phi) is 8.90. The summed E-state index contributed by atoms with van der Waals surface area (Å²) in [6.45, 7) is 5.61. The molecule has 4 aromatic rings. The molecule has 0 spiro atoms. The number of rotatable bonds is 4. The van der Waals surface area contributed by atoms with Gasteiger partial charge in [0.2, 0.25) is 0 Å². The van der Waals surface area contributed by atoms with Gasteiger partial charge in [-0.05, 0) is 23.5 Å². The summed E-state index contributed by atoms with van der Waals surface area (Å²) >= 11 is 3.48. The number of hydrogen-bond donors (Lipinski definition) is 0. The normalized spacial score (nSPS) is 12.8. The van der Waals surface area contributed by atoms with E-state index in [0.717, 1.165) is 15.6 Å². The van der Waals surface area contributed by atoms with Crippen LogP contribution < -0.4 is 0 Å². The second-order valence-corrected chi connectivity index (χ2v) is 9.34. The third-order valence-corrected chi connectivity index (χ3v) is 5.76. The Labute approximate surface area is 219 Å². The van der Waals surface area contributed by atoms with Gasteiger partial charge in [-0.2, -0.15) is 0 Å².